The summed E-state index contributed by atoms with van der Waals surface area (Å²) in [4.78, 5) is 14.9. The van der Waals surface area contributed by atoms with Gasteiger partial charge in [0.25, 0.3) is 0 Å². The molecule has 0 fully saturated rings. The summed E-state index contributed by atoms with van der Waals surface area (Å²) in [6.07, 6.45) is 3.76. The van der Waals surface area contributed by atoms with Crippen LogP contribution in [-0.4, -0.2) is 31.9 Å². The summed E-state index contributed by atoms with van der Waals surface area (Å²) in [7, 11) is 0. The maximum Gasteiger partial charge on any atom is 0 e. The summed E-state index contributed by atoms with van der Waals surface area (Å²) in [6, 6.07) is 40.2. The summed E-state index contributed by atoms with van der Waals surface area (Å²) in [5.41, 5.74) is 7.17. The summed E-state index contributed by atoms with van der Waals surface area (Å²) >= 11 is -0.0316. The second kappa shape index (κ2) is 12.2. The molecule has 45 heavy (non-hydrogen) atoms. The van der Waals surface area contributed by atoms with E-state index in [4.69, 9.17) is 18.8 Å². The van der Waals surface area contributed by atoms with E-state index in [-0.39, 0.29) is 36.0 Å². The molecule has 8 rings (SSSR count). The molecule has 0 spiro atoms. The van der Waals surface area contributed by atoms with Crippen molar-refractivity contribution < 1.29 is 29.9 Å². The largest absolute Gasteiger partial charge is 0 e. The van der Waals surface area contributed by atoms with Gasteiger partial charge in [0.15, 0.2) is 0 Å². The van der Waals surface area contributed by atoms with Gasteiger partial charge < -0.3 is 0 Å². The van der Waals surface area contributed by atoms with E-state index >= 15 is 0 Å². The fourth-order valence-corrected chi connectivity index (χ4v) is 7.51. The number of para-hydroxylation sites is 2. The monoisotopic (exact) mass is 834 g/mol. The van der Waals surface area contributed by atoms with Crippen molar-refractivity contribution in [2.24, 2.45) is 0 Å². The van der Waals surface area contributed by atoms with E-state index in [1.807, 2.05) is 84.0 Å². The Kier molecular flexibility index (Phi) is 7.00. The Morgan fingerprint density at radius 2 is 1.62 bits per heavy atom. The first-order chi connectivity index (χ1) is 22.8. The topological polar surface area (TPSA) is 44.7 Å². The van der Waals surface area contributed by atoms with Crippen molar-refractivity contribution in [3.05, 3.63) is 140 Å². The van der Waals surface area contributed by atoms with Crippen LogP contribution < -0.4 is 28.5 Å². The van der Waals surface area contributed by atoms with Crippen LogP contribution in [0.4, 0.5) is 34.3 Å². The zero-order valence-electron chi connectivity index (χ0n) is 26.9. The van der Waals surface area contributed by atoms with Crippen LogP contribution in [0.1, 0.15) is 9.68 Å². The third-order valence-electron chi connectivity index (χ3n) is 7.56. The van der Waals surface area contributed by atoms with Gasteiger partial charge in [0.2, 0.25) is 0 Å². The number of anilines is 6. The molecule has 0 unspecified atom stereocenters. The zero-order valence-corrected chi connectivity index (χ0v) is 27.9. The van der Waals surface area contributed by atoms with E-state index < -0.39 is 6.98 Å². The molecule has 0 atom stereocenters. The molecule has 0 aliphatic carbocycles. The minimum absolute atomic E-state index is 0. The first-order valence-corrected chi connectivity index (χ1v) is 15.8. The van der Waals surface area contributed by atoms with Crippen LogP contribution in [0.5, 0.6) is 11.5 Å². The minimum Gasteiger partial charge on any atom is 0 e. The average molecular weight is 834 g/mol. The molecule has 4 heterocycles. The minimum atomic E-state index is -2.33. The van der Waals surface area contributed by atoms with Crippen molar-refractivity contribution in [1.82, 2.24) is 9.97 Å². The van der Waals surface area contributed by atoms with E-state index in [1.165, 1.54) is 4.90 Å². The number of pyridine rings is 2. The maximum absolute atomic E-state index is 8.02. The molecule has 224 valence electrons. The number of hydrogen-bond donors (Lipinski definition) is 0. The number of benzene rings is 4. The van der Waals surface area contributed by atoms with Gasteiger partial charge in [-0.3, -0.25) is 0 Å². The molecule has 2 aromatic heterocycles. The van der Waals surface area contributed by atoms with Crippen molar-refractivity contribution in [2.45, 2.75) is 6.92 Å². The molecular formula is C37H26N5OPtSe-3. The van der Waals surface area contributed by atoms with Crippen LogP contribution >= 0.6 is 0 Å². The Hall–Kier alpha value is -4.41. The van der Waals surface area contributed by atoms with Gasteiger partial charge in [0.1, 0.15) is 0 Å². The van der Waals surface area contributed by atoms with E-state index in [0.29, 0.717) is 22.9 Å². The van der Waals surface area contributed by atoms with Gasteiger partial charge in [-0.1, -0.05) is 6.07 Å². The van der Waals surface area contributed by atoms with Crippen molar-refractivity contribution in [1.29, 1.82) is 0 Å². The predicted octanol–water partition coefficient (Wildman–Crippen LogP) is 6.99. The third-order valence-corrected chi connectivity index (χ3v) is 9.78. The van der Waals surface area contributed by atoms with Crippen molar-refractivity contribution in [3.8, 4) is 22.6 Å². The average Bonchev–Trinajstić information content (AvgIpc) is 3.49. The second-order valence-electron chi connectivity index (χ2n) is 10.4. The standard InChI is InChI=1S/C37H26N5OSe.Pt/c1-25-20-36(39-23-30(25)26-10-4-3-5-11-26)42-33-16-9-19-38-37(33)44-35-18-17-29(22-34(35)42)43-28-13-8-12-27(21-28)41-24-40(2)31-14-6-7-15-32(31)41;/h3-20,23-24H,1-2H3;/q-3;/i2D3;. The van der Waals surface area contributed by atoms with Crippen LogP contribution in [-0.2, 0) is 21.1 Å². The number of aromatic nitrogens is 2. The Morgan fingerprint density at radius 1 is 0.822 bits per heavy atom. The Morgan fingerprint density at radius 3 is 2.47 bits per heavy atom. The molecule has 0 saturated heterocycles. The number of fused-ring (bicyclic) bond motifs is 3. The Balaban J connectivity index is 0.00000364. The summed E-state index contributed by atoms with van der Waals surface area (Å²) < 4.78 is 32.6. The SMILES string of the molecule is [2H]C([2H])([2H])N1[CH-]N(c2[c-]c(Oc3[c-]c4c(cc3)[Se]c3ncccc3N4c3cc(C)c(-c4ccccc4)cn3)ccc2)c2ccccc21.[Pt]. The van der Waals surface area contributed by atoms with Gasteiger partial charge in [0.05, 0.1) is 0 Å². The molecule has 8 heteroatoms. The van der Waals surface area contributed by atoms with Crippen LogP contribution in [0.15, 0.2) is 116 Å². The fraction of sp³-hybridized carbons (Fsp3) is 0.0541. The van der Waals surface area contributed by atoms with Crippen LogP contribution in [0, 0.1) is 25.7 Å². The van der Waals surface area contributed by atoms with Crippen molar-refractivity contribution in [3.63, 3.8) is 0 Å². The van der Waals surface area contributed by atoms with E-state index in [2.05, 4.69) is 54.3 Å². The van der Waals surface area contributed by atoms with E-state index in [9.17, 15) is 0 Å². The molecule has 4 aromatic carbocycles. The van der Waals surface area contributed by atoms with Gasteiger partial charge >= 0.3 is 258 Å². The normalized spacial score (nSPS) is 14.3. The second-order valence-corrected chi connectivity index (χ2v) is 12.5. The Bertz CT molecular complexity index is 2130. The fourth-order valence-electron chi connectivity index (χ4n) is 5.49. The molecule has 6 aromatic rings. The first-order valence-electron chi connectivity index (χ1n) is 15.6. The van der Waals surface area contributed by atoms with Gasteiger partial charge in [-0.25, -0.2) is 0 Å². The molecule has 6 nitrogen and oxygen atoms in total. The number of hydrogen-bond acceptors (Lipinski definition) is 6. The van der Waals surface area contributed by atoms with Gasteiger partial charge in [-0.15, -0.1) is 0 Å². The molecule has 0 N–H and O–H groups in total. The van der Waals surface area contributed by atoms with Gasteiger partial charge in [-0.2, -0.15) is 0 Å². The van der Waals surface area contributed by atoms with Crippen LogP contribution in [0.3, 0.4) is 0 Å². The number of rotatable bonds is 5. The molecule has 2 aliphatic rings. The molecule has 0 bridgehead atoms. The summed E-state index contributed by atoms with van der Waals surface area (Å²) in [5, 5.41) is 0. The number of ether oxygens (including phenoxy) is 1. The van der Waals surface area contributed by atoms with Crippen LogP contribution in [0.2, 0.25) is 0 Å². The summed E-state index contributed by atoms with van der Waals surface area (Å²) in [5.74, 6) is 1.78. The number of nitrogens with zero attached hydrogens (tertiary/aromatic N) is 5. The smallest absolute Gasteiger partial charge is 0 e. The van der Waals surface area contributed by atoms with Crippen LogP contribution in [0.25, 0.3) is 11.1 Å². The molecule has 0 saturated carbocycles. The van der Waals surface area contributed by atoms with Gasteiger partial charge in [0, 0.05) is 25.2 Å². The molecule has 2 aliphatic heterocycles. The zero-order chi connectivity index (χ0) is 32.1. The number of aryl methyl sites for hydroxylation is 1. The predicted molar refractivity (Wildman–Crippen MR) is 177 cm³/mol. The summed E-state index contributed by atoms with van der Waals surface area (Å²) in [6.45, 7) is 1.36. The quantitative estimate of drug-likeness (QED) is 0.138. The maximum atomic E-state index is 8.02. The van der Waals surface area contributed by atoms with Gasteiger partial charge in [-0.05, 0) is 0 Å². The molecule has 0 radical (unpaired) electrons. The van der Waals surface area contributed by atoms with E-state index in [0.717, 1.165) is 48.6 Å². The Labute approximate surface area is 288 Å². The molecular weight excluding hydrogens is 804 g/mol. The van der Waals surface area contributed by atoms with E-state index in [1.54, 1.807) is 12.7 Å². The first kappa shape index (κ1) is 25.9. The van der Waals surface area contributed by atoms with Crippen molar-refractivity contribution >= 4 is 58.3 Å². The van der Waals surface area contributed by atoms with Crippen molar-refractivity contribution in [2.75, 3.05) is 21.7 Å². The molecule has 0 amide bonds. The third kappa shape index (κ3) is 5.42.